The molecule has 29 heavy (non-hydrogen) atoms. The third kappa shape index (κ3) is 3.96. The summed E-state index contributed by atoms with van der Waals surface area (Å²) in [7, 11) is -1.89. The zero-order valence-corrected chi connectivity index (χ0v) is 17.2. The summed E-state index contributed by atoms with van der Waals surface area (Å²) >= 11 is 0. The van der Waals surface area contributed by atoms with Crippen molar-refractivity contribution in [1.82, 2.24) is 19.2 Å². The van der Waals surface area contributed by atoms with Crippen molar-refractivity contribution in [3.63, 3.8) is 0 Å². The van der Waals surface area contributed by atoms with Crippen LogP contribution < -0.4 is 0 Å². The van der Waals surface area contributed by atoms with E-state index in [0.717, 1.165) is 23.9 Å². The quantitative estimate of drug-likeness (QED) is 0.708. The van der Waals surface area contributed by atoms with Gasteiger partial charge in [0.15, 0.2) is 0 Å². The molecule has 0 aliphatic carbocycles. The maximum atomic E-state index is 12.9. The lowest BCUT2D eigenvalue weighted by molar-refractivity contribution is 0.0578. The van der Waals surface area contributed by atoms with E-state index >= 15 is 0 Å². The topological polar surface area (TPSA) is 105 Å². The molecule has 2 aromatic rings. The Bertz CT molecular complexity index is 962. The van der Waals surface area contributed by atoms with Crippen LogP contribution >= 0.6 is 0 Å². The van der Waals surface area contributed by atoms with Crippen LogP contribution in [0, 0.1) is 0 Å². The van der Waals surface area contributed by atoms with Gasteiger partial charge in [0.2, 0.25) is 10.0 Å². The van der Waals surface area contributed by atoms with Crippen LogP contribution in [0.15, 0.2) is 24.5 Å². The maximum absolute atomic E-state index is 12.9. The molecule has 1 amide bonds. The van der Waals surface area contributed by atoms with Crippen LogP contribution in [0.1, 0.15) is 24.3 Å². The lowest BCUT2D eigenvalue weighted by Gasteiger charge is -2.41. The fourth-order valence-corrected chi connectivity index (χ4v) is 5.90. The van der Waals surface area contributed by atoms with Crippen molar-refractivity contribution in [2.24, 2.45) is 0 Å². The Hall–Kier alpha value is -2.17. The largest absolute Gasteiger partial charge is 0.447 e. The van der Waals surface area contributed by atoms with Crippen LogP contribution in [0.25, 0.3) is 11.0 Å². The molecule has 4 rings (SSSR count). The van der Waals surface area contributed by atoms with Gasteiger partial charge in [-0.1, -0.05) is 0 Å². The first-order chi connectivity index (χ1) is 14.0. The molecule has 9 nitrogen and oxygen atoms in total. The van der Waals surface area contributed by atoms with Crippen LogP contribution in [0.2, 0.25) is 0 Å². The third-order valence-electron chi connectivity index (χ3n) is 5.78. The van der Waals surface area contributed by atoms with Crippen molar-refractivity contribution in [1.29, 1.82) is 0 Å². The van der Waals surface area contributed by atoms with Crippen molar-refractivity contribution >= 4 is 27.1 Å². The average Bonchev–Trinajstić information content (AvgIpc) is 3.11. The number of rotatable bonds is 6. The van der Waals surface area contributed by atoms with E-state index in [-0.39, 0.29) is 19.7 Å². The number of fused-ring (bicyclic) bond motifs is 1. The van der Waals surface area contributed by atoms with Crippen molar-refractivity contribution in [2.45, 2.75) is 24.0 Å². The molecule has 2 fully saturated rings. The number of piperidine rings is 1. The number of carbonyl (C=O) groups excluding carboxylic acids is 1. The summed E-state index contributed by atoms with van der Waals surface area (Å²) in [6.07, 6.45) is 4.81. The molecule has 0 bridgehead atoms. The second-order valence-corrected chi connectivity index (χ2v) is 9.71. The molecule has 1 N–H and O–H groups in total. The molecule has 2 aliphatic heterocycles. The Morgan fingerprint density at radius 3 is 2.76 bits per heavy atom. The maximum Gasteiger partial charge on any atom is 0.409 e. The minimum absolute atomic E-state index is 0.167. The summed E-state index contributed by atoms with van der Waals surface area (Å²) in [4.78, 5) is 20.8. The van der Waals surface area contributed by atoms with Gasteiger partial charge in [-0.05, 0) is 36.5 Å². The Labute approximate surface area is 170 Å². The van der Waals surface area contributed by atoms with E-state index in [1.807, 2.05) is 18.3 Å². The molecule has 0 unspecified atom stereocenters. The highest BCUT2D eigenvalue weighted by atomic mass is 32.2. The standard InChI is InChI=1S/C19H26N4O5S/c1-27-9-10-28-19(24)22-12-15(13-22)29(25,26)23-7-4-14(5-8-23)17-11-21-18-16(17)3-2-6-20-18/h2-3,6,11,14-15H,4-5,7-10,12-13H2,1H3,(H,20,21). The number of amides is 1. The molecule has 2 aliphatic rings. The molecule has 0 spiro atoms. The number of sulfonamides is 1. The first-order valence-electron chi connectivity index (χ1n) is 9.82. The van der Waals surface area contributed by atoms with E-state index in [9.17, 15) is 13.2 Å². The predicted octanol–water partition coefficient (Wildman–Crippen LogP) is 1.54. The predicted molar refractivity (Wildman–Crippen MR) is 107 cm³/mol. The summed E-state index contributed by atoms with van der Waals surface area (Å²) in [5.41, 5.74) is 2.07. The number of pyridine rings is 1. The second-order valence-electron chi connectivity index (χ2n) is 7.50. The molecule has 158 valence electrons. The Kier molecular flexibility index (Phi) is 5.75. The fourth-order valence-electron chi connectivity index (χ4n) is 4.03. The number of nitrogens with zero attached hydrogens (tertiary/aromatic N) is 3. The number of methoxy groups -OCH3 is 1. The molecule has 4 heterocycles. The van der Waals surface area contributed by atoms with Gasteiger partial charge < -0.3 is 19.4 Å². The minimum atomic E-state index is -3.41. The van der Waals surface area contributed by atoms with Crippen LogP contribution in [-0.2, 0) is 19.5 Å². The molecular formula is C19H26N4O5S. The van der Waals surface area contributed by atoms with Crippen molar-refractivity contribution in [3.8, 4) is 0 Å². The third-order valence-corrected chi connectivity index (χ3v) is 8.00. The van der Waals surface area contributed by atoms with Gasteiger partial charge in [-0.3, -0.25) is 0 Å². The van der Waals surface area contributed by atoms with Gasteiger partial charge in [0, 0.05) is 51.1 Å². The Morgan fingerprint density at radius 2 is 2.03 bits per heavy atom. The number of aromatic amines is 1. The first kappa shape index (κ1) is 20.1. The lowest BCUT2D eigenvalue weighted by atomic mass is 9.90. The van der Waals surface area contributed by atoms with E-state index in [1.54, 1.807) is 10.5 Å². The van der Waals surface area contributed by atoms with E-state index in [0.29, 0.717) is 25.6 Å². The van der Waals surface area contributed by atoms with Crippen molar-refractivity contribution < 1.29 is 22.7 Å². The summed E-state index contributed by atoms with van der Waals surface area (Å²) < 4.78 is 37.3. The van der Waals surface area contributed by atoms with Crippen molar-refractivity contribution in [2.75, 3.05) is 46.5 Å². The molecule has 0 saturated carbocycles. The molecule has 0 radical (unpaired) electrons. The van der Waals surface area contributed by atoms with E-state index < -0.39 is 21.4 Å². The Morgan fingerprint density at radius 1 is 1.28 bits per heavy atom. The summed E-state index contributed by atoms with van der Waals surface area (Å²) in [6, 6.07) is 3.97. The van der Waals surface area contributed by atoms with Gasteiger partial charge >= 0.3 is 6.09 Å². The average molecular weight is 423 g/mol. The van der Waals surface area contributed by atoms with Gasteiger partial charge in [-0.15, -0.1) is 0 Å². The number of hydrogen-bond donors (Lipinski definition) is 1. The fraction of sp³-hybridized carbons (Fsp3) is 0.579. The van der Waals surface area contributed by atoms with Crippen LogP contribution in [0.5, 0.6) is 0 Å². The van der Waals surface area contributed by atoms with Crippen LogP contribution in [-0.4, -0.2) is 85.4 Å². The monoisotopic (exact) mass is 422 g/mol. The Balaban J connectivity index is 1.31. The molecule has 2 aromatic heterocycles. The normalized spacial score (nSPS) is 19.4. The highest BCUT2D eigenvalue weighted by Gasteiger charge is 2.44. The van der Waals surface area contributed by atoms with Crippen LogP contribution in [0.3, 0.4) is 0 Å². The van der Waals surface area contributed by atoms with Gasteiger partial charge in [0.05, 0.1) is 6.61 Å². The minimum Gasteiger partial charge on any atom is -0.447 e. The van der Waals surface area contributed by atoms with E-state index in [4.69, 9.17) is 9.47 Å². The highest BCUT2D eigenvalue weighted by molar-refractivity contribution is 7.89. The number of aromatic nitrogens is 2. The number of likely N-dealkylation sites (tertiary alicyclic amines) is 1. The zero-order valence-electron chi connectivity index (χ0n) is 16.4. The molecular weight excluding hydrogens is 396 g/mol. The highest BCUT2D eigenvalue weighted by Crippen LogP contribution is 2.34. The summed E-state index contributed by atoms with van der Waals surface area (Å²) in [5, 5.41) is 0.557. The SMILES string of the molecule is COCCOC(=O)N1CC(S(=O)(=O)N2CCC(c3c[nH]c4ncccc34)CC2)C1. The van der Waals surface area contributed by atoms with Gasteiger partial charge in [-0.25, -0.2) is 22.5 Å². The van der Waals surface area contributed by atoms with Crippen LogP contribution in [0.4, 0.5) is 4.79 Å². The molecule has 0 atom stereocenters. The van der Waals surface area contributed by atoms with Gasteiger partial charge in [0.25, 0.3) is 0 Å². The van der Waals surface area contributed by atoms with Gasteiger partial charge in [0.1, 0.15) is 17.5 Å². The lowest BCUT2D eigenvalue weighted by Crippen LogP contribution is -2.60. The summed E-state index contributed by atoms with van der Waals surface area (Å²) in [5.74, 6) is 0.313. The number of carbonyl (C=O) groups is 1. The number of H-pyrrole nitrogens is 1. The molecule has 10 heteroatoms. The summed E-state index contributed by atoms with van der Waals surface area (Å²) in [6.45, 7) is 1.84. The van der Waals surface area contributed by atoms with Crippen molar-refractivity contribution in [3.05, 3.63) is 30.1 Å². The number of ether oxygens (including phenoxy) is 2. The van der Waals surface area contributed by atoms with Gasteiger partial charge in [-0.2, -0.15) is 0 Å². The number of hydrogen-bond acceptors (Lipinski definition) is 6. The van der Waals surface area contributed by atoms with E-state index in [1.165, 1.54) is 17.6 Å². The molecule has 2 saturated heterocycles. The zero-order chi connectivity index (χ0) is 20.4. The van der Waals surface area contributed by atoms with E-state index in [2.05, 4.69) is 9.97 Å². The smallest absolute Gasteiger partial charge is 0.409 e. The first-order valence-corrected chi connectivity index (χ1v) is 11.3. The molecule has 0 aromatic carbocycles. The number of nitrogens with one attached hydrogen (secondary N) is 1. The second kappa shape index (κ2) is 8.29.